The summed E-state index contributed by atoms with van der Waals surface area (Å²) >= 11 is 0. The number of rotatable bonds is 3. The van der Waals surface area contributed by atoms with Crippen LogP contribution in [0.1, 0.15) is 31.8 Å². The summed E-state index contributed by atoms with van der Waals surface area (Å²) in [4.78, 5) is 23.7. The Hall–Kier alpha value is -2.62. The summed E-state index contributed by atoms with van der Waals surface area (Å²) in [5.74, 6) is -1.13. The van der Waals surface area contributed by atoms with Gasteiger partial charge in [-0.3, -0.25) is 0 Å². The van der Waals surface area contributed by atoms with Gasteiger partial charge in [-0.1, -0.05) is 24.3 Å². The molecule has 0 amide bonds. The molecule has 0 bridgehead atoms. The van der Waals surface area contributed by atoms with Gasteiger partial charge in [0.2, 0.25) is 0 Å². The summed E-state index contributed by atoms with van der Waals surface area (Å²) in [7, 11) is 2.56. The third-order valence-corrected chi connectivity index (χ3v) is 3.67. The molecule has 0 aromatic heterocycles. The molecule has 114 valence electrons. The van der Waals surface area contributed by atoms with Crippen molar-refractivity contribution in [3.63, 3.8) is 0 Å². The molecule has 0 saturated heterocycles. The minimum absolute atomic E-state index is 0.196. The SMILES string of the molecule is COC(=O)c1ccc(-c2ccc(C)c(C)c2)cc1C(=O)OC. The van der Waals surface area contributed by atoms with Gasteiger partial charge in [0.1, 0.15) is 0 Å². The predicted molar refractivity (Wildman–Crippen MR) is 84.0 cm³/mol. The van der Waals surface area contributed by atoms with Gasteiger partial charge in [0, 0.05) is 0 Å². The van der Waals surface area contributed by atoms with E-state index in [1.165, 1.54) is 19.8 Å². The Bertz CT molecular complexity index is 732. The Labute approximate surface area is 129 Å². The molecule has 0 aliphatic rings. The van der Waals surface area contributed by atoms with E-state index < -0.39 is 11.9 Å². The number of aryl methyl sites for hydroxylation is 2. The van der Waals surface area contributed by atoms with Crippen molar-refractivity contribution in [2.75, 3.05) is 14.2 Å². The zero-order valence-corrected chi connectivity index (χ0v) is 13.1. The van der Waals surface area contributed by atoms with Gasteiger partial charge < -0.3 is 9.47 Å². The summed E-state index contributed by atoms with van der Waals surface area (Å²) in [6.07, 6.45) is 0. The van der Waals surface area contributed by atoms with Crippen molar-refractivity contribution in [1.82, 2.24) is 0 Å². The Morgan fingerprint density at radius 1 is 0.727 bits per heavy atom. The molecule has 0 spiro atoms. The predicted octanol–water partition coefficient (Wildman–Crippen LogP) is 3.54. The first-order valence-electron chi connectivity index (χ1n) is 6.86. The molecule has 2 aromatic rings. The fourth-order valence-corrected chi connectivity index (χ4v) is 2.21. The molecule has 0 atom stereocenters. The molecule has 0 heterocycles. The lowest BCUT2D eigenvalue weighted by molar-refractivity contribution is 0.0555. The Morgan fingerprint density at radius 2 is 1.27 bits per heavy atom. The van der Waals surface area contributed by atoms with Crippen LogP contribution in [0, 0.1) is 13.8 Å². The monoisotopic (exact) mass is 298 g/mol. The highest BCUT2D eigenvalue weighted by Gasteiger charge is 2.19. The standard InChI is InChI=1S/C18H18O4/c1-11-5-6-13(9-12(11)2)14-7-8-15(17(19)21-3)16(10-14)18(20)22-4/h5-10H,1-4H3. The van der Waals surface area contributed by atoms with Crippen LogP contribution in [0.25, 0.3) is 11.1 Å². The summed E-state index contributed by atoms with van der Waals surface area (Å²) in [5.41, 5.74) is 4.57. The molecule has 0 radical (unpaired) electrons. The maximum Gasteiger partial charge on any atom is 0.338 e. The fraction of sp³-hybridized carbons (Fsp3) is 0.222. The molecule has 0 unspecified atom stereocenters. The van der Waals surface area contributed by atoms with Crippen molar-refractivity contribution in [2.24, 2.45) is 0 Å². The van der Waals surface area contributed by atoms with Gasteiger partial charge in [-0.05, 0) is 48.2 Å². The summed E-state index contributed by atoms with van der Waals surface area (Å²) in [5, 5.41) is 0. The first kappa shape index (κ1) is 15.8. The van der Waals surface area contributed by atoms with E-state index in [-0.39, 0.29) is 11.1 Å². The number of hydrogen-bond donors (Lipinski definition) is 0. The maximum atomic E-state index is 11.9. The fourth-order valence-electron chi connectivity index (χ4n) is 2.21. The molecule has 22 heavy (non-hydrogen) atoms. The normalized spacial score (nSPS) is 10.2. The molecular weight excluding hydrogens is 280 g/mol. The lowest BCUT2D eigenvalue weighted by atomic mass is 9.96. The number of esters is 2. The lowest BCUT2D eigenvalue weighted by Gasteiger charge is -2.10. The van der Waals surface area contributed by atoms with Crippen molar-refractivity contribution in [3.8, 4) is 11.1 Å². The van der Waals surface area contributed by atoms with Crippen molar-refractivity contribution >= 4 is 11.9 Å². The molecule has 0 N–H and O–H groups in total. The molecule has 2 rings (SSSR count). The van der Waals surface area contributed by atoms with Gasteiger partial charge in [-0.2, -0.15) is 0 Å². The molecule has 4 heteroatoms. The van der Waals surface area contributed by atoms with Crippen LogP contribution in [0.5, 0.6) is 0 Å². The molecule has 4 nitrogen and oxygen atoms in total. The van der Waals surface area contributed by atoms with E-state index in [1.54, 1.807) is 18.2 Å². The largest absolute Gasteiger partial charge is 0.465 e. The van der Waals surface area contributed by atoms with Crippen molar-refractivity contribution in [1.29, 1.82) is 0 Å². The van der Waals surface area contributed by atoms with Crippen LogP contribution >= 0.6 is 0 Å². The summed E-state index contributed by atoms with van der Waals surface area (Å²) in [6, 6.07) is 11.1. The average molecular weight is 298 g/mol. The molecule has 0 saturated carbocycles. The van der Waals surface area contributed by atoms with Gasteiger partial charge in [0.05, 0.1) is 25.3 Å². The Kier molecular flexibility index (Phi) is 4.61. The van der Waals surface area contributed by atoms with E-state index >= 15 is 0 Å². The van der Waals surface area contributed by atoms with Crippen molar-refractivity contribution < 1.29 is 19.1 Å². The molecule has 0 aliphatic carbocycles. The smallest absolute Gasteiger partial charge is 0.338 e. The van der Waals surface area contributed by atoms with Crippen LogP contribution < -0.4 is 0 Å². The first-order valence-corrected chi connectivity index (χ1v) is 6.86. The highest BCUT2D eigenvalue weighted by atomic mass is 16.5. The zero-order valence-electron chi connectivity index (χ0n) is 13.1. The second kappa shape index (κ2) is 6.43. The van der Waals surface area contributed by atoms with Crippen LogP contribution in [-0.2, 0) is 9.47 Å². The average Bonchev–Trinajstić information content (AvgIpc) is 2.55. The quantitative estimate of drug-likeness (QED) is 0.813. The van der Waals surface area contributed by atoms with Gasteiger partial charge in [0.15, 0.2) is 0 Å². The van der Waals surface area contributed by atoms with Crippen LogP contribution in [0.4, 0.5) is 0 Å². The van der Waals surface area contributed by atoms with E-state index in [1.807, 2.05) is 32.0 Å². The van der Waals surface area contributed by atoms with Crippen molar-refractivity contribution in [2.45, 2.75) is 13.8 Å². The van der Waals surface area contributed by atoms with E-state index in [2.05, 4.69) is 0 Å². The topological polar surface area (TPSA) is 52.6 Å². The highest BCUT2D eigenvalue weighted by molar-refractivity contribution is 6.04. The van der Waals surface area contributed by atoms with Crippen molar-refractivity contribution in [3.05, 3.63) is 58.7 Å². The molecule has 0 aliphatic heterocycles. The molecular formula is C18H18O4. The van der Waals surface area contributed by atoms with Crippen LogP contribution in [0.2, 0.25) is 0 Å². The van der Waals surface area contributed by atoms with Gasteiger partial charge in [0.25, 0.3) is 0 Å². The van der Waals surface area contributed by atoms with Gasteiger partial charge in [-0.15, -0.1) is 0 Å². The van der Waals surface area contributed by atoms with E-state index in [4.69, 9.17) is 9.47 Å². The maximum absolute atomic E-state index is 11.9. The number of hydrogen-bond acceptors (Lipinski definition) is 4. The minimum Gasteiger partial charge on any atom is -0.465 e. The third-order valence-electron chi connectivity index (χ3n) is 3.67. The van der Waals surface area contributed by atoms with Gasteiger partial charge in [-0.25, -0.2) is 9.59 Å². The van der Waals surface area contributed by atoms with Crippen LogP contribution in [0.3, 0.4) is 0 Å². The second-order valence-corrected chi connectivity index (χ2v) is 5.04. The summed E-state index contributed by atoms with van der Waals surface area (Å²) in [6.45, 7) is 4.07. The first-order chi connectivity index (χ1) is 10.5. The van der Waals surface area contributed by atoms with Crippen LogP contribution in [-0.4, -0.2) is 26.2 Å². The number of carbonyl (C=O) groups excluding carboxylic acids is 2. The number of benzene rings is 2. The number of carbonyl (C=O) groups is 2. The van der Waals surface area contributed by atoms with E-state index in [0.29, 0.717) is 0 Å². The van der Waals surface area contributed by atoms with E-state index in [9.17, 15) is 9.59 Å². The number of ether oxygens (including phenoxy) is 2. The highest BCUT2D eigenvalue weighted by Crippen LogP contribution is 2.25. The summed E-state index contributed by atoms with van der Waals surface area (Å²) < 4.78 is 9.46. The lowest BCUT2D eigenvalue weighted by Crippen LogP contribution is -2.11. The second-order valence-electron chi connectivity index (χ2n) is 5.04. The Balaban J connectivity index is 2.57. The van der Waals surface area contributed by atoms with Gasteiger partial charge >= 0.3 is 11.9 Å². The minimum atomic E-state index is -0.564. The van der Waals surface area contributed by atoms with Crippen LogP contribution in [0.15, 0.2) is 36.4 Å². The molecule has 2 aromatic carbocycles. The zero-order chi connectivity index (χ0) is 16.3. The number of methoxy groups -OCH3 is 2. The Morgan fingerprint density at radius 3 is 1.86 bits per heavy atom. The third kappa shape index (κ3) is 3.01. The molecule has 0 fully saturated rings. The van der Waals surface area contributed by atoms with E-state index in [0.717, 1.165) is 16.7 Å².